The van der Waals surface area contributed by atoms with Gasteiger partial charge >= 0.3 is 6.18 Å². The van der Waals surface area contributed by atoms with Crippen LogP contribution in [0, 0.1) is 0 Å². The lowest BCUT2D eigenvalue weighted by Crippen LogP contribution is -2.18. The molecule has 0 radical (unpaired) electrons. The van der Waals surface area contributed by atoms with Crippen molar-refractivity contribution in [1.29, 1.82) is 0 Å². The molecule has 2 aromatic carbocycles. The lowest BCUT2D eigenvalue weighted by molar-refractivity contribution is -0.137. The Kier molecular flexibility index (Phi) is 4.78. The van der Waals surface area contributed by atoms with Gasteiger partial charge in [-0.1, -0.05) is 12.1 Å². The van der Waals surface area contributed by atoms with E-state index in [2.05, 4.69) is 5.32 Å². The Hall–Kier alpha value is -2.70. The molecule has 0 aliphatic rings. The van der Waals surface area contributed by atoms with E-state index in [1.165, 1.54) is 38.5 Å². The van der Waals surface area contributed by atoms with Gasteiger partial charge in [0.15, 0.2) is 0 Å². The van der Waals surface area contributed by atoms with E-state index in [1.54, 1.807) is 6.07 Å². The fourth-order valence-electron chi connectivity index (χ4n) is 2.01. The van der Waals surface area contributed by atoms with E-state index >= 15 is 0 Å². The van der Waals surface area contributed by atoms with Crippen LogP contribution in [-0.4, -0.2) is 20.1 Å². The molecule has 0 bridgehead atoms. The molecule has 4 nitrogen and oxygen atoms in total. The van der Waals surface area contributed by atoms with Crippen LogP contribution in [0.25, 0.3) is 0 Å². The Morgan fingerprint density at radius 2 is 1.57 bits per heavy atom. The first-order valence-electron chi connectivity index (χ1n) is 6.56. The lowest BCUT2D eigenvalue weighted by atomic mass is 10.1. The molecule has 23 heavy (non-hydrogen) atoms. The second-order valence-corrected chi connectivity index (χ2v) is 4.60. The monoisotopic (exact) mass is 325 g/mol. The zero-order chi connectivity index (χ0) is 17.0. The van der Waals surface area contributed by atoms with Gasteiger partial charge in [-0.25, -0.2) is 0 Å². The number of carbonyl (C=O) groups is 1. The third-order valence-electron chi connectivity index (χ3n) is 3.09. The molecule has 0 saturated heterocycles. The molecule has 1 N–H and O–H groups in total. The maximum Gasteiger partial charge on any atom is 0.417 e. The van der Waals surface area contributed by atoms with Gasteiger partial charge in [-0.15, -0.1) is 0 Å². The summed E-state index contributed by atoms with van der Waals surface area (Å²) in [5.74, 6) is -0.0549. The predicted octanol–water partition coefficient (Wildman–Crippen LogP) is 3.97. The highest BCUT2D eigenvalue weighted by atomic mass is 19.4. The minimum absolute atomic E-state index is 0.267. The van der Waals surface area contributed by atoms with Gasteiger partial charge in [-0.05, 0) is 12.1 Å². The summed E-state index contributed by atoms with van der Waals surface area (Å²) in [7, 11) is 2.86. The van der Waals surface area contributed by atoms with Crippen LogP contribution >= 0.6 is 0 Å². The number of nitrogens with one attached hydrogen (secondary N) is 1. The average molecular weight is 325 g/mol. The molecule has 0 spiro atoms. The van der Waals surface area contributed by atoms with E-state index in [0.29, 0.717) is 11.5 Å². The van der Waals surface area contributed by atoms with E-state index in [-0.39, 0.29) is 5.69 Å². The first-order chi connectivity index (χ1) is 10.8. The highest BCUT2D eigenvalue weighted by Crippen LogP contribution is 2.32. The summed E-state index contributed by atoms with van der Waals surface area (Å²) in [5.41, 5.74) is -1.18. The summed E-state index contributed by atoms with van der Waals surface area (Å²) in [6.07, 6.45) is -4.61. The van der Waals surface area contributed by atoms with Crippen LogP contribution < -0.4 is 14.8 Å². The number of ether oxygens (including phenoxy) is 2. The fourth-order valence-corrected chi connectivity index (χ4v) is 2.01. The summed E-state index contributed by atoms with van der Waals surface area (Å²) in [6.45, 7) is 0. The number of hydrogen-bond donors (Lipinski definition) is 1. The fraction of sp³-hybridized carbons (Fsp3) is 0.188. The standard InChI is InChI=1S/C16H14F3NO3/c1-22-11-7-10(8-12(9-11)23-2)20-15(21)13-5-3-4-6-14(13)16(17,18)19/h3-9H,1-2H3,(H,20,21). The van der Waals surface area contributed by atoms with Crippen LogP contribution in [0.15, 0.2) is 42.5 Å². The second-order valence-electron chi connectivity index (χ2n) is 4.60. The molecule has 0 unspecified atom stereocenters. The van der Waals surface area contributed by atoms with Crippen molar-refractivity contribution in [1.82, 2.24) is 0 Å². The summed E-state index contributed by atoms with van der Waals surface area (Å²) in [6, 6.07) is 9.13. The zero-order valence-corrected chi connectivity index (χ0v) is 12.4. The molecule has 122 valence electrons. The van der Waals surface area contributed by atoms with Crippen LogP contribution in [0.4, 0.5) is 18.9 Å². The van der Waals surface area contributed by atoms with Gasteiger partial charge in [-0.3, -0.25) is 4.79 Å². The van der Waals surface area contributed by atoms with E-state index in [9.17, 15) is 18.0 Å². The number of methoxy groups -OCH3 is 2. The molecule has 0 fully saturated rings. The van der Waals surface area contributed by atoms with Gasteiger partial charge in [0, 0.05) is 23.9 Å². The van der Waals surface area contributed by atoms with Crippen molar-refractivity contribution in [3.8, 4) is 11.5 Å². The normalized spacial score (nSPS) is 11.0. The molecule has 0 heterocycles. The second kappa shape index (κ2) is 6.60. The van der Waals surface area contributed by atoms with E-state index in [1.807, 2.05) is 0 Å². The third kappa shape index (κ3) is 3.94. The molecular formula is C16H14F3NO3. The number of hydrogen-bond acceptors (Lipinski definition) is 3. The topological polar surface area (TPSA) is 47.6 Å². The molecule has 0 saturated carbocycles. The molecular weight excluding hydrogens is 311 g/mol. The summed E-state index contributed by atoms with van der Waals surface area (Å²) < 4.78 is 49.0. The molecule has 0 aliphatic heterocycles. The van der Waals surface area contributed by atoms with Crippen LogP contribution in [0.2, 0.25) is 0 Å². The Morgan fingerprint density at radius 1 is 1.00 bits per heavy atom. The Morgan fingerprint density at radius 3 is 2.09 bits per heavy atom. The summed E-state index contributed by atoms with van der Waals surface area (Å²) in [4.78, 5) is 12.2. The van der Waals surface area contributed by atoms with Crippen molar-refractivity contribution in [2.45, 2.75) is 6.18 Å². The number of rotatable bonds is 4. The van der Waals surface area contributed by atoms with Crippen molar-refractivity contribution in [2.75, 3.05) is 19.5 Å². The zero-order valence-electron chi connectivity index (χ0n) is 12.4. The number of carbonyl (C=O) groups excluding carboxylic acids is 1. The Labute approximate surface area is 130 Å². The number of benzene rings is 2. The van der Waals surface area contributed by atoms with Gasteiger partial charge in [0.05, 0.1) is 25.3 Å². The minimum atomic E-state index is -4.61. The van der Waals surface area contributed by atoms with E-state index in [4.69, 9.17) is 9.47 Å². The van der Waals surface area contributed by atoms with Gasteiger partial charge < -0.3 is 14.8 Å². The highest BCUT2D eigenvalue weighted by molar-refractivity contribution is 6.05. The molecule has 7 heteroatoms. The molecule has 0 atom stereocenters. The van der Waals surface area contributed by atoms with Gasteiger partial charge in [0.2, 0.25) is 0 Å². The van der Waals surface area contributed by atoms with Gasteiger partial charge in [-0.2, -0.15) is 13.2 Å². The molecule has 2 aromatic rings. The lowest BCUT2D eigenvalue weighted by Gasteiger charge is -2.13. The number of anilines is 1. The smallest absolute Gasteiger partial charge is 0.417 e. The van der Waals surface area contributed by atoms with Crippen LogP contribution in [0.5, 0.6) is 11.5 Å². The molecule has 2 rings (SSSR count). The maximum atomic E-state index is 13.0. The SMILES string of the molecule is COc1cc(NC(=O)c2ccccc2C(F)(F)F)cc(OC)c1. The quantitative estimate of drug-likeness (QED) is 0.925. The van der Waals surface area contributed by atoms with Crippen molar-refractivity contribution < 1.29 is 27.4 Å². The molecule has 0 aliphatic carbocycles. The van der Waals surface area contributed by atoms with Crippen molar-refractivity contribution >= 4 is 11.6 Å². The van der Waals surface area contributed by atoms with Crippen LogP contribution in [0.3, 0.4) is 0 Å². The third-order valence-corrected chi connectivity index (χ3v) is 3.09. The van der Waals surface area contributed by atoms with Crippen molar-refractivity contribution in [3.05, 3.63) is 53.6 Å². The first kappa shape index (κ1) is 16.7. The summed E-state index contributed by atoms with van der Waals surface area (Å²) >= 11 is 0. The van der Waals surface area contributed by atoms with Crippen LogP contribution in [0.1, 0.15) is 15.9 Å². The maximum absolute atomic E-state index is 13.0. The highest BCUT2D eigenvalue weighted by Gasteiger charge is 2.34. The van der Waals surface area contributed by atoms with Gasteiger partial charge in [0.1, 0.15) is 11.5 Å². The van der Waals surface area contributed by atoms with Crippen molar-refractivity contribution in [2.24, 2.45) is 0 Å². The Bertz CT molecular complexity index is 692. The number of halogens is 3. The first-order valence-corrected chi connectivity index (χ1v) is 6.56. The average Bonchev–Trinajstić information content (AvgIpc) is 2.53. The number of amides is 1. The van der Waals surface area contributed by atoms with Crippen molar-refractivity contribution in [3.63, 3.8) is 0 Å². The summed E-state index contributed by atoms with van der Waals surface area (Å²) in [5, 5.41) is 2.42. The van der Waals surface area contributed by atoms with E-state index < -0.39 is 23.2 Å². The molecule has 0 aromatic heterocycles. The predicted molar refractivity (Wildman–Crippen MR) is 78.9 cm³/mol. The molecule has 1 amide bonds. The van der Waals surface area contributed by atoms with Gasteiger partial charge in [0.25, 0.3) is 5.91 Å². The Balaban J connectivity index is 2.33. The van der Waals surface area contributed by atoms with Crippen LogP contribution in [-0.2, 0) is 6.18 Å². The largest absolute Gasteiger partial charge is 0.497 e. The minimum Gasteiger partial charge on any atom is -0.497 e. The number of alkyl halides is 3. The van der Waals surface area contributed by atoms with E-state index in [0.717, 1.165) is 12.1 Å².